The van der Waals surface area contributed by atoms with Gasteiger partial charge in [-0.1, -0.05) is 0 Å². The summed E-state index contributed by atoms with van der Waals surface area (Å²) in [5.41, 5.74) is 3.11. The van der Waals surface area contributed by atoms with E-state index in [1.807, 2.05) is 25.7 Å². The van der Waals surface area contributed by atoms with E-state index in [4.69, 9.17) is 5.11 Å². The molecule has 1 aromatic heterocycles. The lowest BCUT2D eigenvalue weighted by atomic mass is 10.2. The van der Waals surface area contributed by atoms with Gasteiger partial charge in [-0.25, -0.2) is 4.98 Å². The molecule has 1 heterocycles. The molecule has 0 bridgehead atoms. The molecular formula is C14H18BrN3O. The van der Waals surface area contributed by atoms with Crippen molar-refractivity contribution in [2.24, 2.45) is 7.05 Å². The SMILES string of the molecule is CN(C)c1ccc(-c2nc(CCO)c(Br)n2C)cc1. The number of aliphatic hydroxyl groups is 1. The predicted molar refractivity (Wildman–Crippen MR) is 81.5 cm³/mol. The zero-order valence-corrected chi connectivity index (χ0v) is 13.0. The van der Waals surface area contributed by atoms with Crippen LogP contribution < -0.4 is 4.90 Å². The van der Waals surface area contributed by atoms with Crippen molar-refractivity contribution in [2.75, 3.05) is 25.6 Å². The van der Waals surface area contributed by atoms with Crippen LogP contribution >= 0.6 is 15.9 Å². The van der Waals surface area contributed by atoms with Crippen molar-refractivity contribution >= 4 is 21.6 Å². The average molecular weight is 324 g/mol. The highest BCUT2D eigenvalue weighted by Crippen LogP contribution is 2.26. The first kappa shape index (κ1) is 14.1. The summed E-state index contributed by atoms with van der Waals surface area (Å²) >= 11 is 3.52. The minimum atomic E-state index is 0.106. The number of nitrogens with zero attached hydrogens (tertiary/aromatic N) is 3. The second kappa shape index (κ2) is 5.75. The molecule has 0 unspecified atom stereocenters. The van der Waals surface area contributed by atoms with Crippen molar-refractivity contribution in [1.82, 2.24) is 9.55 Å². The summed E-state index contributed by atoms with van der Waals surface area (Å²) in [7, 11) is 6.00. The Balaban J connectivity index is 2.38. The number of hydrogen-bond acceptors (Lipinski definition) is 3. The molecule has 4 nitrogen and oxygen atoms in total. The summed E-state index contributed by atoms with van der Waals surface area (Å²) in [6.07, 6.45) is 0.560. The fourth-order valence-electron chi connectivity index (χ4n) is 1.97. The normalized spacial score (nSPS) is 10.8. The lowest BCUT2D eigenvalue weighted by Gasteiger charge is -2.12. The van der Waals surface area contributed by atoms with Crippen LogP contribution in [0.15, 0.2) is 28.9 Å². The topological polar surface area (TPSA) is 41.3 Å². The highest BCUT2D eigenvalue weighted by atomic mass is 79.9. The van der Waals surface area contributed by atoms with Gasteiger partial charge in [-0.3, -0.25) is 0 Å². The van der Waals surface area contributed by atoms with Crippen molar-refractivity contribution in [1.29, 1.82) is 0 Å². The van der Waals surface area contributed by atoms with E-state index in [9.17, 15) is 0 Å². The quantitative estimate of drug-likeness (QED) is 0.939. The number of aliphatic hydroxyl groups excluding tert-OH is 1. The van der Waals surface area contributed by atoms with E-state index in [-0.39, 0.29) is 6.61 Å². The summed E-state index contributed by atoms with van der Waals surface area (Å²) in [5, 5.41) is 9.04. The van der Waals surface area contributed by atoms with Crippen LogP contribution in [0.25, 0.3) is 11.4 Å². The first-order valence-electron chi connectivity index (χ1n) is 6.14. The smallest absolute Gasteiger partial charge is 0.140 e. The molecular weight excluding hydrogens is 306 g/mol. The summed E-state index contributed by atoms with van der Waals surface area (Å²) in [6, 6.07) is 8.27. The van der Waals surface area contributed by atoms with Gasteiger partial charge in [-0.05, 0) is 40.2 Å². The van der Waals surface area contributed by atoms with E-state index in [1.165, 1.54) is 0 Å². The van der Waals surface area contributed by atoms with Crippen molar-refractivity contribution < 1.29 is 5.11 Å². The molecule has 0 aliphatic carbocycles. The molecule has 0 amide bonds. The maximum absolute atomic E-state index is 9.04. The lowest BCUT2D eigenvalue weighted by molar-refractivity contribution is 0.298. The summed E-state index contributed by atoms with van der Waals surface area (Å²) in [6.45, 7) is 0.106. The van der Waals surface area contributed by atoms with E-state index in [2.05, 4.69) is 50.1 Å². The van der Waals surface area contributed by atoms with Crippen molar-refractivity contribution in [3.8, 4) is 11.4 Å². The van der Waals surface area contributed by atoms with Gasteiger partial charge in [0.2, 0.25) is 0 Å². The Morgan fingerprint density at radius 1 is 1.26 bits per heavy atom. The molecule has 0 aliphatic heterocycles. The van der Waals surface area contributed by atoms with E-state index >= 15 is 0 Å². The molecule has 0 saturated heterocycles. The van der Waals surface area contributed by atoms with Gasteiger partial charge in [0.05, 0.1) is 5.69 Å². The first-order chi connectivity index (χ1) is 9.04. The molecule has 0 aliphatic rings. The third-order valence-corrected chi connectivity index (χ3v) is 4.07. The fourth-order valence-corrected chi connectivity index (χ4v) is 2.42. The Bertz CT molecular complexity index is 561. The minimum absolute atomic E-state index is 0.106. The second-order valence-electron chi connectivity index (χ2n) is 4.65. The van der Waals surface area contributed by atoms with Gasteiger partial charge in [0.25, 0.3) is 0 Å². The van der Waals surface area contributed by atoms with Gasteiger partial charge in [0, 0.05) is 45.4 Å². The molecule has 2 aromatic rings. The Hall–Kier alpha value is -1.33. The maximum atomic E-state index is 9.04. The molecule has 1 N–H and O–H groups in total. The number of benzene rings is 1. The minimum Gasteiger partial charge on any atom is -0.396 e. The molecule has 19 heavy (non-hydrogen) atoms. The molecule has 0 spiro atoms. The third kappa shape index (κ3) is 2.82. The van der Waals surface area contributed by atoms with Crippen LogP contribution in [-0.2, 0) is 13.5 Å². The summed E-state index contributed by atoms with van der Waals surface area (Å²) in [5.74, 6) is 0.903. The van der Waals surface area contributed by atoms with Gasteiger partial charge >= 0.3 is 0 Å². The van der Waals surface area contributed by atoms with Crippen LogP contribution in [0.5, 0.6) is 0 Å². The van der Waals surface area contributed by atoms with Gasteiger partial charge in [0.15, 0.2) is 0 Å². The van der Waals surface area contributed by atoms with Gasteiger partial charge in [-0.2, -0.15) is 0 Å². The number of aromatic nitrogens is 2. The van der Waals surface area contributed by atoms with Crippen molar-refractivity contribution in [2.45, 2.75) is 6.42 Å². The van der Waals surface area contributed by atoms with Gasteiger partial charge in [0.1, 0.15) is 10.4 Å². The summed E-state index contributed by atoms with van der Waals surface area (Å²) < 4.78 is 2.92. The molecule has 0 atom stereocenters. The monoisotopic (exact) mass is 323 g/mol. The summed E-state index contributed by atoms with van der Waals surface area (Å²) in [4.78, 5) is 6.65. The average Bonchev–Trinajstić information content (AvgIpc) is 2.68. The van der Waals surface area contributed by atoms with Crippen LogP contribution in [-0.4, -0.2) is 35.4 Å². The van der Waals surface area contributed by atoms with Crippen molar-refractivity contribution in [3.05, 3.63) is 34.6 Å². The lowest BCUT2D eigenvalue weighted by Crippen LogP contribution is -2.08. The van der Waals surface area contributed by atoms with Gasteiger partial charge < -0.3 is 14.6 Å². The number of imidazole rings is 1. The zero-order valence-electron chi connectivity index (χ0n) is 11.4. The Morgan fingerprint density at radius 3 is 2.42 bits per heavy atom. The first-order valence-corrected chi connectivity index (χ1v) is 6.93. The molecule has 5 heteroatoms. The number of hydrogen-bond donors (Lipinski definition) is 1. The van der Waals surface area contributed by atoms with E-state index in [0.29, 0.717) is 6.42 Å². The molecule has 2 rings (SSSR count). The highest BCUT2D eigenvalue weighted by molar-refractivity contribution is 9.10. The second-order valence-corrected chi connectivity index (χ2v) is 5.40. The van der Waals surface area contributed by atoms with E-state index < -0.39 is 0 Å². The fraction of sp³-hybridized carbons (Fsp3) is 0.357. The van der Waals surface area contributed by atoms with E-state index in [0.717, 1.165) is 27.4 Å². The Labute approximate surface area is 121 Å². The molecule has 1 aromatic carbocycles. The number of anilines is 1. The standard InChI is InChI=1S/C14H18BrN3O/c1-17(2)11-6-4-10(5-7-11)14-16-12(8-9-19)13(15)18(14)3/h4-7,19H,8-9H2,1-3H3. The van der Waals surface area contributed by atoms with E-state index in [1.54, 1.807) is 0 Å². The molecule has 0 radical (unpaired) electrons. The Kier molecular flexibility index (Phi) is 4.27. The van der Waals surface area contributed by atoms with Crippen molar-refractivity contribution in [3.63, 3.8) is 0 Å². The number of rotatable bonds is 4. The molecule has 102 valence electrons. The Morgan fingerprint density at radius 2 is 1.89 bits per heavy atom. The molecule has 0 saturated carbocycles. The highest BCUT2D eigenvalue weighted by Gasteiger charge is 2.13. The van der Waals surface area contributed by atoms with Crippen LogP contribution in [0.3, 0.4) is 0 Å². The third-order valence-electron chi connectivity index (χ3n) is 3.08. The largest absolute Gasteiger partial charge is 0.396 e. The van der Waals surface area contributed by atoms with Crippen LogP contribution in [0.4, 0.5) is 5.69 Å². The zero-order chi connectivity index (χ0) is 14.0. The number of halogens is 1. The molecule has 0 fully saturated rings. The maximum Gasteiger partial charge on any atom is 0.140 e. The van der Waals surface area contributed by atoms with Crippen LogP contribution in [0.1, 0.15) is 5.69 Å². The van der Waals surface area contributed by atoms with Gasteiger partial charge in [-0.15, -0.1) is 0 Å². The predicted octanol–water partition coefficient (Wildman–Crippen LogP) is 2.45. The van der Waals surface area contributed by atoms with Crippen LogP contribution in [0, 0.1) is 0 Å². The van der Waals surface area contributed by atoms with Crippen LogP contribution in [0.2, 0.25) is 0 Å².